The van der Waals surface area contributed by atoms with Crippen LogP contribution in [0.25, 0.3) is 0 Å². The molecule has 2 aromatic rings. The molecule has 1 amide bonds. The zero-order valence-electron chi connectivity index (χ0n) is 21.8. The summed E-state index contributed by atoms with van der Waals surface area (Å²) in [6, 6.07) is 10.1. The molecule has 5 N–H and O–H groups in total. The number of ether oxygens (including phenoxy) is 2. The first kappa shape index (κ1) is 35.0. The number of halogens is 3. The number of nitrogens with zero attached hydrogens (tertiary/aromatic N) is 1. The number of hydrogen-bond donors (Lipinski definition) is 4. The first-order chi connectivity index (χ1) is 19.4. The summed E-state index contributed by atoms with van der Waals surface area (Å²) < 4.78 is 95.0. The van der Waals surface area contributed by atoms with Crippen LogP contribution in [0.3, 0.4) is 0 Å². The summed E-state index contributed by atoms with van der Waals surface area (Å²) in [4.78, 5) is 23.3. The largest absolute Gasteiger partial charge is 0.741 e. The molecule has 0 saturated carbocycles. The third-order valence-electron chi connectivity index (χ3n) is 5.31. The van der Waals surface area contributed by atoms with Gasteiger partial charge in [0, 0.05) is 6.07 Å². The maximum absolute atomic E-state index is 13.4. The van der Waals surface area contributed by atoms with E-state index in [1.54, 1.807) is 30.3 Å². The number of benzene rings is 1. The zero-order chi connectivity index (χ0) is 31.9. The van der Waals surface area contributed by atoms with E-state index in [0.29, 0.717) is 0 Å². The molecular weight excluding hydrogens is 618 g/mol. The predicted octanol–water partition coefficient (Wildman–Crippen LogP) is 0.0984. The molecule has 1 aliphatic rings. The van der Waals surface area contributed by atoms with Crippen molar-refractivity contribution in [3.05, 3.63) is 60.4 Å². The van der Waals surface area contributed by atoms with Gasteiger partial charge in [-0.2, -0.15) is 22.8 Å². The number of para-hydroxylation sites is 1. The number of carbonyl (C=O) groups is 2. The number of aliphatic hydroxyl groups is 2. The van der Waals surface area contributed by atoms with Gasteiger partial charge in [0.1, 0.15) is 29.6 Å². The fourth-order valence-corrected chi connectivity index (χ4v) is 4.76. The van der Waals surface area contributed by atoms with Gasteiger partial charge >= 0.3 is 19.2 Å². The molecule has 1 saturated heterocycles. The van der Waals surface area contributed by atoms with Crippen molar-refractivity contribution in [2.75, 3.05) is 13.7 Å². The summed E-state index contributed by atoms with van der Waals surface area (Å²) in [6.45, 7) is 0.953. The van der Waals surface area contributed by atoms with Crippen molar-refractivity contribution in [3.8, 4) is 5.75 Å². The van der Waals surface area contributed by atoms with Gasteiger partial charge in [-0.1, -0.05) is 18.2 Å². The maximum Gasteiger partial charge on any atom is 0.485 e. The van der Waals surface area contributed by atoms with Crippen LogP contribution in [0.5, 0.6) is 5.75 Å². The number of primary amides is 1. The smallest absolute Gasteiger partial charge is 0.485 e. The number of alkyl halides is 3. The van der Waals surface area contributed by atoms with Gasteiger partial charge in [-0.25, -0.2) is 13.0 Å². The molecule has 3 rings (SSSR count). The number of pyridine rings is 1. The Bertz CT molecular complexity index is 1380. The van der Waals surface area contributed by atoms with Crippen molar-refractivity contribution in [1.82, 2.24) is 5.09 Å². The lowest BCUT2D eigenvalue weighted by Crippen LogP contribution is -2.46. The number of aliphatic hydroxyl groups excluding tert-OH is 2. The van der Waals surface area contributed by atoms with Gasteiger partial charge in [-0.3, -0.25) is 14.1 Å². The second-order valence-electron chi connectivity index (χ2n) is 8.42. The van der Waals surface area contributed by atoms with E-state index in [0.717, 1.165) is 0 Å². The quantitative estimate of drug-likeness (QED) is 0.0885. The highest BCUT2D eigenvalue weighted by atomic mass is 32.2. The van der Waals surface area contributed by atoms with E-state index in [9.17, 15) is 37.5 Å². The summed E-state index contributed by atoms with van der Waals surface area (Å²) in [5.41, 5.74) is -0.180. The number of nitrogens with one attached hydrogen (secondary N) is 1. The molecule has 15 nitrogen and oxygen atoms in total. The van der Waals surface area contributed by atoms with E-state index in [1.165, 1.54) is 43.1 Å². The molecule has 234 valence electrons. The van der Waals surface area contributed by atoms with E-state index < -0.39 is 72.4 Å². The van der Waals surface area contributed by atoms with Crippen LogP contribution in [0.2, 0.25) is 0 Å². The second kappa shape index (κ2) is 14.3. The SMILES string of the molecule is COC(=O)C(C)NP(=O)(OC[C@H]1O[C@@H]([n+]2cccc(C(N)=O)c2)[C@H](O)[C@@H]1O)Oc1ccccc1.O=S(=O)([O-])C(F)(F)F. The van der Waals surface area contributed by atoms with Crippen LogP contribution in [0.1, 0.15) is 23.5 Å². The average molecular weight is 646 g/mol. The van der Waals surface area contributed by atoms with Gasteiger partial charge in [0.05, 0.1) is 13.7 Å². The first-order valence-electron chi connectivity index (χ1n) is 11.6. The third kappa shape index (κ3) is 9.70. The molecule has 6 atom stereocenters. The number of nitrogens with two attached hydrogens (primary N) is 1. The Hall–Kier alpha value is -3.16. The lowest BCUT2D eigenvalue weighted by atomic mass is 10.1. The van der Waals surface area contributed by atoms with Crippen LogP contribution in [0.4, 0.5) is 13.2 Å². The van der Waals surface area contributed by atoms with Crippen molar-refractivity contribution < 1.29 is 73.6 Å². The molecule has 0 aliphatic carbocycles. The predicted molar refractivity (Wildman–Crippen MR) is 132 cm³/mol. The van der Waals surface area contributed by atoms with Gasteiger partial charge < -0.3 is 34.5 Å². The zero-order valence-corrected chi connectivity index (χ0v) is 23.5. The molecule has 1 fully saturated rings. The number of rotatable bonds is 10. The number of amides is 1. The van der Waals surface area contributed by atoms with Gasteiger partial charge in [-0.15, -0.1) is 0 Å². The van der Waals surface area contributed by atoms with E-state index in [4.69, 9.17) is 32.5 Å². The van der Waals surface area contributed by atoms with Crippen LogP contribution in [0.15, 0.2) is 54.9 Å². The molecule has 20 heteroatoms. The Morgan fingerprint density at radius 2 is 1.79 bits per heavy atom. The molecule has 1 aromatic heterocycles. The molecular formula is C22H27F3N3O12PS. The lowest BCUT2D eigenvalue weighted by Gasteiger charge is -2.24. The van der Waals surface area contributed by atoms with Crippen molar-refractivity contribution in [1.29, 1.82) is 0 Å². The van der Waals surface area contributed by atoms with E-state index in [-0.39, 0.29) is 11.3 Å². The van der Waals surface area contributed by atoms with E-state index in [1.807, 2.05) is 0 Å². The molecule has 0 radical (unpaired) electrons. The minimum Gasteiger partial charge on any atom is -0.741 e. The normalized spacial score (nSPS) is 22.7. The van der Waals surface area contributed by atoms with Crippen molar-refractivity contribution >= 4 is 29.7 Å². The molecule has 42 heavy (non-hydrogen) atoms. The lowest BCUT2D eigenvalue weighted by molar-refractivity contribution is -0.765. The van der Waals surface area contributed by atoms with E-state index >= 15 is 0 Å². The summed E-state index contributed by atoms with van der Waals surface area (Å²) in [5, 5.41) is 23.4. The van der Waals surface area contributed by atoms with Crippen LogP contribution < -0.4 is 19.9 Å². The van der Waals surface area contributed by atoms with Crippen LogP contribution in [0, 0.1) is 0 Å². The minimum absolute atomic E-state index is 0.175. The Balaban J connectivity index is 0.000000675. The highest BCUT2D eigenvalue weighted by molar-refractivity contribution is 7.86. The van der Waals surface area contributed by atoms with Gasteiger partial charge in [-0.05, 0) is 25.1 Å². The van der Waals surface area contributed by atoms with Gasteiger partial charge in [0.2, 0.25) is 0 Å². The Labute approximate surface area is 237 Å². The highest BCUT2D eigenvalue weighted by Crippen LogP contribution is 2.45. The summed E-state index contributed by atoms with van der Waals surface area (Å²) in [6.07, 6.45) is -2.10. The molecule has 1 aromatic carbocycles. The van der Waals surface area contributed by atoms with E-state index in [2.05, 4.69) is 9.82 Å². The Morgan fingerprint density at radius 1 is 1.19 bits per heavy atom. The van der Waals surface area contributed by atoms with Crippen LogP contribution in [-0.4, -0.2) is 78.6 Å². The number of methoxy groups -OCH3 is 1. The third-order valence-corrected chi connectivity index (χ3v) is 7.52. The highest BCUT2D eigenvalue weighted by Gasteiger charge is 2.49. The fourth-order valence-electron chi connectivity index (χ4n) is 3.26. The number of hydrogen-bond acceptors (Lipinski definition) is 12. The Kier molecular flexibility index (Phi) is 12.0. The monoisotopic (exact) mass is 645 g/mol. The Morgan fingerprint density at radius 3 is 2.31 bits per heavy atom. The molecule has 2 heterocycles. The van der Waals surface area contributed by atoms with Crippen LogP contribution >= 0.6 is 7.75 Å². The van der Waals surface area contributed by atoms with Crippen molar-refractivity contribution in [3.63, 3.8) is 0 Å². The number of esters is 1. The van der Waals surface area contributed by atoms with Gasteiger partial charge in [0.15, 0.2) is 28.6 Å². The maximum atomic E-state index is 13.4. The van der Waals surface area contributed by atoms with Crippen molar-refractivity contribution in [2.24, 2.45) is 5.73 Å². The van der Waals surface area contributed by atoms with Gasteiger partial charge in [0.25, 0.3) is 12.1 Å². The average Bonchev–Trinajstić information content (AvgIpc) is 3.20. The second-order valence-corrected chi connectivity index (χ2v) is 11.5. The summed E-state index contributed by atoms with van der Waals surface area (Å²) >= 11 is 0. The molecule has 0 spiro atoms. The topological polar surface area (TPSA) is 228 Å². The molecule has 1 aliphatic heterocycles. The summed E-state index contributed by atoms with van der Waals surface area (Å²) in [7, 11) is -9.08. The fraction of sp³-hybridized carbons (Fsp3) is 0.409. The standard InChI is InChI=1S/C21H26N3O9P.CHF3O3S/c1-13(21(28)30-2)23-34(29,33-15-8-4-3-5-9-15)31-12-16-17(25)18(26)20(32-16)24-10-6-7-14(11-24)19(22)27;2-1(3,4)8(5,6)7/h3-11,13,16-18,20,25-26H,12H2,1-2H3,(H2-,22,23,27,29);(H,5,6,7)/t13?,16-,17-,18-,20-,34?;/m1./s1. The number of aromatic nitrogens is 1. The minimum atomic E-state index is -6.09. The van der Waals surface area contributed by atoms with Crippen LogP contribution in [-0.2, 0) is 33.5 Å². The number of carbonyl (C=O) groups excluding carboxylic acids is 2. The van der Waals surface area contributed by atoms with Crippen molar-refractivity contribution in [2.45, 2.75) is 43.0 Å². The first-order valence-corrected chi connectivity index (χ1v) is 14.5. The molecule has 2 unspecified atom stereocenters. The molecule has 0 bridgehead atoms. The summed E-state index contributed by atoms with van der Waals surface area (Å²) in [5.74, 6) is -1.16.